The van der Waals surface area contributed by atoms with Crippen LogP contribution in [0.25, 0.3) is 0 Å². The molecule has 0 amide bonds. The predicted molar refractivity (Wildman–Crippen MR) is 68.5 cm³/mol. The van der Waals surface area contributed by atoms with E-state index in [2.05, 4.69) is 11.8 Å². The molecule has 2 nitrogen and oxygen atoms in total. The second-order valence-corrected chi connectivity index (χ2v) is 5.36. The van der Waals surface area contributed by atoms with Gasteiger partial charge in [0, 0.05) is 19.1 Å². The lowest BCUT2D eigenvalue weighted by molar-refractivity contribution is -0.137. The minimum Gasteiger partial charge on any atom is -0.326 e. The topological polar surface area (TPSA) is 29.3 Å². The molecule has 1 aliphatic heterocycles. The van der Waals surface area contributed by atoms with Crippen LogP contribution in [-0.4, -0.2) is 24.0 Å². The lowest BCUT2D eigenvalue weighted by Gasteiger charge is -2.35. The molecule has 1 aromatic rings. The molecular formula is C14H19F3N2. The van der Waals surface area contributed by atoms with Crippen LogP contribution in [0, 0.1) is 5.92 Å². The van der Waals surface area contributed by atoms with Crippen molar-refractivity contribution in [2.75, 3.05) is 13.1 Å². The molecule has 0 aliphatic carbocycles. The van der Waals surface area contributed by atoms with Crippen molar-refractivity contribution in [1.82, 2.24) is 4.90 Å². The van der Waals surface area contributed by atoms with Crippen LogP contribution in [0.3, 0.4) is 0 Å². The molecular weight excluding hydrogens is 253 g/mol. The molecule has 0 saturated carbocycles. The molecule has 2 atom stereocenters. The number of piperidine rings is 1. The van der Waals surface area contributed by atoms with Gasteiger partial charge in [0.2, 0.25) is 0 Å². The van der Waals surface area contributed by atoms with Gasteiger partial charge in [-0.25, -0.2) is 0 Å². The second kappa shape index (κ2) is 5.51. The summed E-state index contributed by atoms with van der Waals surface area (Å²) in [6, 6.07) is 5.64. The van der Waals surface area contributed by atoms with E-state index in [4.69, 9.17) is 5.73 Å². The third kappa shape index (κ3) is 3.70. The van der Waals surface area contributed by atoms with Gasteiger partial charge in [-0.15, -0.1) is 0 Å². The van der Waals surface area contributed by atoms with E-state index in [-0.39, 0.29) is 6.04 Å². The maximum Gasteiger partial charge on any atom is 0.416 e. The lowest BCUT2D eigenvalue weighted by atomic mass is 9.94. The number of halogens is 3. The van der Waals surface area contributed by atoms with Gasteiger partial charge in [0.15, 0.2) is 0 Å². The fourth-order valence-corrected chi connectivity index (χ4v) is 2.42. The summed E-state index contributed by atoms with van der Waals surface area (Å²) < 4.78 is 37.9. The van der Waals surface area contributed by atoms with Crippen molar-refractivity contribution >= 4 is 0 Å². The Hall–Kier alpha value is -1.07. The highest BCUT2D eigenvalue weighted by Gasteiger charge is 2.30. The zero-order valence-corrected chi connectivity index (χ0v) is 11.0. The van der Waals surface area contributed by atoms with Gasteiger partial charge in [-0.1, -0.05) is 25.1 Å². The average Bonchev–Trinajstić information content (AvgIpc) is 2.33. The van der Waals surface area contributed by atoms with E-state index >= 15 is 0 Å². The van der Waals surface area contributed by atoms with Crippen molar-refractivity contribution < 1.29 is 13.2 Å². The summed E-state index contributed by atoms with van der Waals surface area (Å²) in [4.78, 5) is 2.13. The molecule has 1 aromatic carbocycles. The third-order valence-electron chi connectivity index (χ3n) is 3.76. The van der Waals surface area contributed by atoms with Gasteiger partial charge in [-0.05, 0) is 30.5 Å². The summed E-state index contributed by atoms with van der Waals surface area (Å²) in [6.45, 7) is 4.29. The first kappa shape index (κ1) is 14.3. The zero-order chi connectivity index (χ0) is 14.0. The van der Waals surface area contributed by atoms with Gasteiger partial charge >= 0.3 is 6.18 Å². The summed E-state index contributed by atoms with van der Waals surface area (Å²) in [5.74, 6) is 0.484. The number of hydrogen-bond donors (Lipinski definition) is 1. The summed E-state index contributed by atoms with van der Waals surface area (Å²) in [7, 11) is 0. The van der Waals surface area contributed by atoms with Crippen LogP contribution in [-0.2, 0) is 12.7 Å². The predicted octanol–water partition coefficient (Wildman–Crippen LogP) is 2.87. The number of nitrogens with zero attached hydrogens (tertiary/aromatic N) is 1. The molecule has 0 radical (unpaired) electrons. The van der Waals surface area contributed by atoms with E-state index in [1.165, 1.54) is 12.1 Å². The Morgan fingerprint density at radius 3 is 2.74 bits per heavy atom. The normalized spacial score (nSPS) is 25.5. The molecule has 0 aromatic heterocycles. The minimum atomic E-state index is -4.27. The summed E-state index contributed by atoms with van der Waals surface area (Å²) >= 11 is 0. The van der Waals surface area contributed by atoms with Gasteiger partial charge in [0.05, 0.1) is 5.56 Å². The van der Waals surface area contributed by atoms with Crippen LogP contribution >= 0.6 is 0 Å². The van der Waals surface area contributed by atoms with Gasteiger partial charge in [0.1, 0.15) is 0 Å². The molecule has 2 N–H and O–H groups in total. The van der Waals surface area contributed by atoms with Crippen molar-refractivity contribution in [1.29, 1.82) is 0 Å². The van der Waals surface area contributed by atoms with Crippen molar-refractivity contribution in [2.24, 2.45) is 11.7 Å². The maximum atomic E-state index is 12.6. The molecule has 0 spiro atoms. The molecule has 19 heavy (non-hydrogen) atoms. The summed E-state index contributed by atoms with van der Waals surface area (Å²) in [5.41, 5.74) is 6.11. The smallest absolute Gasteiger partial charge is 0.326 e. The Morgan fingerprint density at radius 1 is 1.37 bits per heavy atom. The Balaban J connectivity index is 2.04. The maximum absolute atomic E-state index is 12.6. The van der Waals surface area contributed by atoms with E-state index in [9.17, 15) is 13.2 Å². The Kier molecular flexibility index (Phi) is 4.16. The second-order valence-electron chi connectivity index (χ2n) is 5.36. The van der Waals surface area contributed by atoms with Crippen LogP contribution in [0.5, 0.6) is 0 Å². The molecule has 2 unspecified atom stereocenters. The molecule has 0 bridgehead atoms. The number of rotatable bonds is 2. The van der Waals surface area contributed by atoms with E-state index in [1.807, 2.05) is 0 Å². The molecule has 1 aliphatic rings. The first-order valence-electron chi connectivity index (χ1n) is 6.50. The van der Waals surface area contributed by atoms with Crippen LogP contribution in [0.1, 0.15) is 24.5 Å². The van der Waals surface area contributed by atoms with Gasteiger partial charge in [-0.2, -0.15) is 13.2 Å². The third-order valence-corrected chi connectivity index (χ3v) is 3.76. The van der Waals surface area contributed by atoms with Gasteiger partial charge in [0.25, 0.3) is 0 Å². The fraction of sp³-hybridized carbons (Fsp3) is 0.571. The quantitative estimate of drug-likeness (QED) is 0.897. The standard InChI is InChI=1S/C14H19F3N2/c1-10-5-6-19(9-13(10)18)8-11-3-2-4-12(7-11)14(15,16)17/h2-4,7,10,13H,5-6,8-9,18H2,1H3. The number of benzene rings is 1. The number of alkyl halides is 3. The van der Waals surface area contributed by atoms with Crippen LogP contribution in [0.2, 0.25) is 0 Å². The highest BCUT2D eigenvalue weighted by atomic mass is 19.4. The zero-order valence-electron chi connectivity index (χ0n) is 11.0. The Bertz CT molecular complexity index is 431. The average molecular weight is 272 g/mol. The van der Waals surface area contributed by atoms with E-state index in [0.717, 1.165) is 25.6 Å². The Labute approximate surface area is 111 Å². The summed E-state index contributed by atoms with van der Waals surface area (Å²) in [6.07, 6.45) is -3.27. The van der Waals surface area contributed by atoms with Crippen LogP contribution in [0.4, 0.5) is 13.2 Å². The molecule has 2 rings (SSSR count). The molecule has 5 heteroatoms. The summed E-state index contributed by atoms with van der Waals surface area (Å²) in [5, 5.41) is 0. The largest absolute Gasteiger partial charge is 0.416 e. The Morgan fingerprint density at radius 2 is 2.11 bits per heavy atom. The van der Waals surface area contributed by atoms with Gasteiger partial charge in [-0.3, -0.25) is 4.90 Å². The lowest BCUT2D eigenvalue weighted by Crippen LogP contribution is -2.47. The SMILES string of the molecule is CC1CCN(Cc2cccc(C(F)(F)F)c2)CC1N. The highest BCUT2D eigenvalue weighted by Crippen LogP contribution is 2.30. The number of likely N-dealkylation sites (tertiary alicyclic amines) is 1. The van der Waals surface area contributed by atoms with Crippen molar-refractivity contribution in [3.63, 3.8) is 0 Å². The molecule has 106 valence electrons. The first-order chi connectivity index (χ1) is 8.86. The van der Waals surface area contributed by atoms with Crippen molar-refractivity contribution in [2.45, 2.75) is 32.1 Å². The van der Waals surface area contributed by atoms with Crippen LogP contribution in [0.15, 0.2) is 24.3 Å². The minimum absolute atomic E-state index is 0.111. The fourth-order valence-electron chi connectivity index (χ4n) is 2.42. The molecule has 1 fully saturated rings. The van der Waals surface area contributed by atoms with E-state index in [0.29, 0.717) is 18.0 Å². The van der Waals surface area contributed by atoms with Crippen LogP contribution < -0.4 is 5.73 Å². The number of hydrogen-bond acceptors (Lipinski definition) is 2. The monoisotopic (exact) mass is 272 g/mol. The first-order valence-corrected chi connectivity index (χ1v) is 6.50. The van der Waals surface area contributed by atoms with E-state index in [1.54, 1.807) is 6.07 Å². The molecule has 1 saturated heterocycles. The van der Waals surface area contributed by atoms with Crippen molar-refractivity contribution in [3.05, 3.63) is 35.4 Å². The van der Waals surface area contributed by atoms with Crippen molar-refractivity contribution in [3.8, 4) is 0 Å². The molecule has 1 heterocycles. The number of nitrogens with two attached hydrogens (primary N) is 1. The highest BCUT2D eigenvalue weighted by molar-refractivity contribution is 5.25. The van der Waals surface area contributed by atoms with E-state index < -0.39 is 11.7 Å². The van der Waals surface area contributed by atoms with Gasteiger partial charge < -0.3 is 5.73 Å².